The SMILES string of the molecule is CN1CCN(C(=O)[C@@H]2CC(N(C(=O)[C@@H]3CCCO3)C3CCC(C)(C)CC3)CN2C(=O)[C@@H]2CN(C3CC3)C[C@H]2c2ccc(Cl)cc2)CC1. The van der Waals surface area contributed by atoms with Crippen LogP contribution in [0.1, 0.15) is 83.1 Å². The Hall–Kier alpha value is -2.20. The number of hydrogen-bond donors (Lipinski definition) is 0. The van der Waals surface area contributed by atoms with Crippen molar-refractivity contribution >= 4 is 29.3 Å². The van der Waals surface area contributed by atoms with Crippen molar-refractivity contribution in [1.29, 1.82) is 0 Å². The van der Waals surface area contributed by atoms with E-state index in [1.165, 1.54) is 12.8 Å². The maximum Gasteiger partial charge on any atom is 0.252 e. The summed E-state index contributed by atoms with van der Waals surface area (Å²) in [6.07, 6.45) is 8.11. The van der Waals surface area contributed by atoms with Crippen LogP contribution < -0.4 is 0 Å². The molecular formula is C37H54ClN5O4. The number of likely N-dealkylation sites (tertiary alicyclic amines) is 2. The normalized spacial score (nSPS) is 32.2. The molecule has 1 aromatic carbocycles. The second-order valence-corrected chi connectivity index (χ2v) is 16.6. The highest BCUT2D eigenvalue weighted by Crippen LogP contribution is 2.43. The molecule has 4 saturated heterocycles. The van der Waals surface area contributed by atoms with Gasteiger partial charge in [0, 0.05) is 75.4 Å². The molecule has 10 heteroatoms. The Morgan fingerprint density at radius 3 is 2.21 bits per heavy atom. The quantitative estimate of drug-likeness (QED) is 0.433. The number of carbonyl (C=O) groups excluding carboxylic acids is 3. The largest absolute Gasteiger partial charge is 0.368 e. The van der Waals surface area contributed by atoms with Gasteiger partial charge in [-0.25, -0.2) is 0 Å². The number of amides is 3. The first-order valence-corrected chi connectivity index (χ1v) is 18.7. The predicted octanol–water partition coefficient (Wildman–Crippen LogP) is 4.24. The first-order valence-electron chi connectivity index (χ1n) is 18.3. The zero-order valence-corrected chi connectivity index (χ0v) is 29.4. The van der Waals surface area contributed by atoms with Gasteiger partial charge in [0.05, 0.1) is 12.0 Å². The number of hydrogen-bond acceptors (Lipinski definition) is 6. The minimum Gasteiger partial charge on any atom is -0.368 e. The summed E-state index contributed by atoms with van der Waals surface area (Å²) >= 11 is 6.27. The van der Waals surface area contributed by atoms with Crippen LogP contribution in [0.5, 0.6) is 0 Å². The molecule has 3 amide bonds. The lowest BCUT2D eigenvalue weighted by atomic mass is 9.75. The molecule has 2 saturated carbocycles. The number of nitrogens with zero attached hydrogens (tertiary/aromatic N) is 5. The smallest absolute Gasteiger partial charge is 0.252 e. The Labute approximate surface area is 285 Å². The molecule has 0 aromatic heterocycles. The Balaban J connectivity index is 1.19. The average molecular weight is 668 g/mol. The molecule has 4 heterocycles. The Bertz CT molecular complexity index is 1300. The number of ether oxygens (including phenoxy) is 1. The van der Waals surface area contributed by atoms with E-state index in [4.69, 9.17) is 16.3 Å². The third-order valence-corrected chi connectivity index (χ3v) is 12.5. The van der Waals surface area contributed by atoms with Gasteiger partial charge in [-0.3, -0.25) is 19.3 Å². The average Bonchev–Trinajstić information content (AvgIpc) is 3.42. The highest BCUT2D eigenvalue weighted by Gasteiger charge is 2.52. The Morgan fingerprint density at radius 1 is 0.872 bits per heavy atom. The molecule has 0 spiro atoms. The van der Waals surface area contributed by atoms with E-state index in [0.717, 1.165) is 63.7 Å². The van der Waals surface area contributed by atoms with Crippen molar-refractivity contribution in [2.24, 2.45) is 11.3 Å². The van der Waals surface area contributed by atoms with Crippen molar-refractivity contribution < 1.29 is 19.1 Å². The van der Waals surface area contributed by atoms with Gasteiger partial charge in [-0.15, -0.1) is 0 Å². The van der Waals surface area contributed by atoms with Gasteiger partial charge in [-0.2, -0.15) is 0 Å². The Morgan fingerprint density at radius 2 is 1.57 bits per heavy atom. The number of benzene rings is 1. The molecule has 5 atom stereocenters. The summed E-state index contributed by atoms with van der Waals surface area (Å²) in [6, 6.07) is 7.87. The number of piperazine rings is 1. The maximum absolute atomic E-state index is 15.0. The molecule has 2 aliphatic carbocycles. The van der Waals surface area contributed by atoms with Crippen molar-refractivity contribution in [3.8, 4) is 0 Å². The van der Waals surface area contributed by atoms with Gasteiger partial charge >= 0.3 is 0 Å². The van der Waals surface area contributed by atoms with Crippen LogP contribution in [0.25, 0.3) is 0 Å². The van der Waals surface area contributed by atoms with Crippen LogP contribution in [0.4, 0.5) is 0 Å². The van der Waals surface area contributed by atoms with Crippen LogP contribution in [0.2, 0.25) is 5.02 Å². The van der Waals surface area contributed by atoms with Crippen LogP contribution in [-0.2, 0) is 19.1 Å². The fraction of sp³-hybridized carbons (Fsp3) is 0.757. The molecule has 1 unspecified atom stereocenters. The first-order chi connectivity index (χ1) is 22.6. The van der Waals surface area contributed by atoms with Gasteiger partial charge in [0.1, 0.15) is 12.1 Å². The van der Waals surface area contributed by atoms with Crippen LogP contribution in [-0.4, -0.2) is 132 Å². The lowest BCUT2D eigenvalue weighted by molar-refractivity contribution is -0.148. The summed E-state index contributed by atoms with van der Waals surface area (Å²) < 4.78 is 5.97. The molecule has 4 aliphatic heterocycles. The van der Waals surface area contributed by atoms with Gasteiger partial charge in [0.2, 0.25) is 11.8 Å². The van der Waals surface area contributed by atoms with Crippen molar-refractivity contribution in [3.05, 3.63) is 34.9 Å². The van der Waals surface area contributed by atoms with Crippen LogP contribution in [0, 0.1) is 11.3 Å². The van der Waals surface area contributed by atoms with E-state index in [-0.39, 0.29) is 47.1 Å². The van der Waals surface area contributed by atoms with E-state index in [1.807, 2.05) is 21.9 Å². The van der Waals surface area contributed by atoms with Crippen LogP contribution >= 0.6 is 11.6 Å². The summed E-state index contributed by atoms with van der Waals surface area (Å²) in [5, 5.41) is 0.691. The van der Waals surface area contributed by atoms with E-state index < -0.39 is 12.1 Å². The van der Waals surface area contributed by atoms with Gasteiger partial charge in [-0.05, 0) is 87.9 Å². The van der Waals surface area contributed by atoms with Gasteiger partial charge in [0.25, 0.3) is 5.91 Å². The second-order valence-electron chi connectivity index (χ2n) is 16.1. The molecule has 0 N–H and O–H groups in total. The zero-order valence-electron chi connectivity index (χ0n) is 28.6. The summed E-state index contributed by atoms with van der Waals surface area (Å²) in [6.45, 7) is 10.2. The summed E-state index contributed by atoms with van der Waals surface area (Å²) in [5.41, 5.74) is 1.40. The molecule has 258 valence electrons. The van der Waals surface area contributed by atoms with E-state index in [1.54, 1.807) is 0 Å². The maximum atomic E-state index is 15.0. The van der Waals surface area contributed by atoms with Crippen molar-refractivity contribution in [2.45, 2.75) is 108 Å². The summed E-state index contributed by atoms with van der Waals surface area (Å²) in [4.78, 5) is 54.4. The zero-order chi connectivity index (χ0) is 32.9. The van der Waals surface area contributed by atoms with E-state index in [2.05, 4.69) is 47.7 Å². The monoisotopic (exact) mass is 667 g/mol. The number of likely N-dealkylation sites (N-methyl/N-ethyl adjacent to an activating group) is 1. The highest BCUT2D eigenvalue weighted by molar-refractivity contribution is 6.30. The van der Waals surface area contributed by atoms with Crippen LogP contribution in [0.15, 0.2) is 24.3 Å². The molecule has 9 nitrogen and oxygen atoms in total. The molecule has 6 aliphatic rings. The van der Waals surface area contributed by atoms with E-state index >= 15 is 0 Å². The number of halogens is 1. The Kier molecular flexibility index (Phi) is 9.64. The fourth-order valence-corrected chi connectivity index (χ4v) is 9.20. The molecule has 0 bridgehead atoms. The third kappa shape index (κ3) is 7.10. The molecular weight excluding hydrogens is 614 g/mol. The molecule has 7 rings (SSSR count). The van der Waals surface area contributed by atoms with Crippen LogP contribution in [0.3, 0.4) is 0 Å². The fourth-order valence-electron chi connectivity index (χ4n) is 9.07. The van der Waals surface area contributed by atoms with Gasteiger partial charge < -0.3 is 24.3 Å². The van der Waals surface area contributed by atoms with Crippen molar-refractivity contribution in [3.63, 3.8) is 0 Å². The third-order valence-electron chi connectivity index (χ3n) is 12.2. The second kappa shape index (κ2) is 13.6. The minimum absolute atomic E-state index is 0.0448. The van der Waals surface area contributed by atoms with Gasteiger partial charge in [0.15, 0.2) is 0 Å². The number of rotatable bonds is 7. The van der Waals surface area contributed by atoms with Gasteiger partial charge in [-0.1, -0.05) is 37.6 Å². The molecule has 47 heavy (non-hydrogen) atoms. The molecule has 1 aromatic rings. The molecule has 6 fully saturated rings. The topological polar surface area (TPSA) is 76.6 Å². The van der Waals surface area contributed by atoms with E-state index in [0.29, 0.717) is 50.3 Å². The summed E-state index contributed by atoms with van der Waals surface area (Å²) in [5.74, 6) is -0.0158. The lowest BCUT2D eigenvalue weighted by Gasteiger charge is -2.43. The number of carbonyl (C=O) groups is 3. The molecule has 0 radical (unpaired) electrons. The predicted molar refractivity (Wildman–Crippen MR) is 182 cm³/mol. The van der Waals surface area contributed by atoms with Crippen molar-refractivity contribution in [2.75, 3.05) is 59.5 Å². The lowest BCUT2D eigenvalue weighted by Crippen LogP contribution is -2.54. The first kappa shape index (κ1) is 33.3. The summed E-state index contributed by atoms with van der Waals surface area (Å²) in [7, 11) is 2.09. The standard InChI is InChI=1S/C37H54ClN5O4/c1-37(2)14-12-28(13-15-37)43(36(46)33-5-4-20-47-33)29-21-32(35(45)40-18-16-39(3)17-19-40)42(22-29)34(44)31-24-41(27-10-11-27)23-30(31)25-6-8-26(38)9-7-25/h6-9,27-33H,4-5,10-24H2,1-3H3/t29?,30-,31+,32-,33-/m0/s1. The van der Waals surface area contributed by atoms with E-state index in [9.17, 15) is 14.4 Å². The minimum atomic E-state index is -0.559. The van der Waals surface area contributed by atoms with Crippen molar-refractivity contribution in [1.82, 2.24) is 24.5 Å². The highest BCUT2D eigenvalue weighted by atomic mass is 35.5.